The van der Waals surface area contributed by atoms with Gasteiger partial charge in [-0.15, -0.1) is 10.2 Å². The highest BCUT2D eigenvalue weighted by Gasteiger charge is 2.17. The molecule has 0 radical (unpaired) electrons. The summed E-state index contributed by atoms with van der Waals surface area (Å²) in [7, 11) is 3.10. The monoisotopic (exact) mass is 454 g/mol. The van der Waals surface area contributed by atoms with Gasteiger partial charge in [0.05, 0.1) is 26.3 Å². The minimum absolute atomic E-state index is 0.252. The summed E-state index contributed by atoms with van der Waals surface area (Å²) >= 11 is 1.69. The first-order chi connectivity index (χ1) is 15.5. The summed E-state index contributed by atoms with van der Waals surface area (Å²) in [5.41, 5.74) is 1.72. The molecule has 3 aromatic rings. The van der Waals surface area contributed by atoms with Crippen molar-refractivity contribution in [2.75, 3.05) is 20.0 Å². The summed E-state index contributed by atoms with van der Waals surface area (Å²) in [6.45, 7) is 5.37. The van der Waals surface area contributed by atoms with E-state index in [4.69, 9.17) is 9.47 Å². The fraction of sp³-hybridized carbons (Fsp3) is 0.375. The highest BCUT2D eigenvalue weighted by Crippen LogP contribution is 2.24. The Balaban J connectivity index is 1.68. The van der Waals surface area contributed by atoms with Crippen molar-refractivity contribution < 1.29 is 14.3 Å². The molecule has 0 fully saturated rings. The number of hydrogen-bond donors (Lipinski definition) is 1. The Bertz CT molecular complexity index is 1020. The number of carbonyl (C=O) groups is 1. The summed E-state index contributed by atoms with van der Waals surface area (Å²) in [6.07, 6.45) is 0.960. The first kappa shape index (κ1) is 23.7. The number of thioether (sulfide) groups is 1. The third-order valence-electron chi connectivity index (χ3n) is 4.86. The van der Waals surface area contributed by atoms with Crippen LogP contribution in [0.2, 0.25) is 0 Å². The number of hydrogen-bond acceptors (Lipinski definition) is 6. The Morgan fingerprint density at radius 2 is 1.88 bits per heavy atom. The van der Waals surface area contributed by atoms with Crippen molar-refractivity contribution in [2.45, 2.75) is 38.5 Å². The van der Waals surface area contributed by atoms with Gasteiger partial charge in [-0.1, -0.05) is 55.9 Å². The molecule has 32 heavy (non-hydrogen) atoms. The quantitative estimate of drug-likeness (QED) is 0.437. The number of ether oxygens (including phenoxy) is 2. The molecular weight excluding hydrogens is 424 g/mol. The van der Waals surface area contributed by atoms with Crippen molar-refractivity contribution in [3.63, 3.8) is 0 Å². The van der Waals surface area contributed by atoms with Gasteiger partial charge >= 0.3 is 0 Å². The number of amides is 1. The van der Waals surface area contributed by atoms with E-state index in [1.165, 1.54) is 12.7 Å². The highest BCUT2D eigenvalue weighted by atomic mass is 32.2. The van der Waals surface area contributed by atoms with Gasteiger partial charge < -0.3 is 19.4 Å². The Hall–Kier alpha value is -3.00. The van der Waals surface area contributed by atoms with Crippen LogP contribution in [0.15, 0.2) is 53.7 Å². The number of rotatable bonds is 11. The Morgan fingerprint density at radius 1 is 1.09 bits per heavy atom. The molecule has 1 aromatic heterocycles. The predicted molar refractivity (Wildman–Crippen MR) is 126 cm³/mol. The van der Waals surface area contributed by atoms with Gasteiger partial charge in [-0.05, 0) is 36.1 Å². The molecule has 2 aromatic carbocycles. The molecule has 0 saturated heterocycles. The first-order valence-electron chi connectivity index (χ1n) is 10.6. The highest BCUT2D eigenvalue weighted by molar-refractivity contribution is 7.99. The molecule has 0 atom stereocenters. The van der Waals surface area contributed by atoms with Gasteiger partial charge in [0, 0.05) is 12.3 Å². The van der Waals surface area contributed by atoms with E-state index >= 15 is 0 Å². The third-order valence-corrected chi connectivity index (χ3v) is 5.83. The van der Waals surface area contributed by atoms with Crippen molar-refractivity contribution in [3.8, 4) is 11.5 Å². The molecule has 0 aliphatic heterocycles. The summed E-state index contributed by atoms with van der Waals surface area (Å²) in [5.74, 6) is 2.90. The zero-order valence-electron chi connectivity index (χ0n) is 19.0. The smallest absolute Gasteiger partial charge is 0.255 e. The van der Waals surface area contributed by atoms with Gasteiger partial charge in [0.15, 0.2) is 11.0 Å². The molecule has 1 N–H and O–H groups in total. The van der Waals surface area contributed by atoms with Crippen molar-refractivity contribution >= 4 is 17.7 Å². The summed E-state index contributed by atoms with van der Waals surface area (Å²) < 4.78 is 12.7. The maximum Gasteiger partial charge on any atom is 0.255 e. The number of nitrogens with one attached hydrogen (secondary N) is 1. The Labute approximate surface area is 193 Å². The number of benzene rings is 2. The summed E-state index contributed by atoms with van der Waals surface area (Å²) in [5, 5.41) is 12.6. The molecule has 0 saturated carbocycles. The predicted octanol–water partition coefficient (Wildman–Crippen LogP) is 4.22. The van der Waals surface area contributed by atoms with Crippen LogP contribution >= 0.6 is 11.8 Å². The minimum atomic E-state index is -0.252. The fourth-order valence-electron chi connectivity index (χ4n) is 3.26. The lowest BCUT2D eigenvalue weighted by atomic mass is 10.1. The van der Waals surface area contributed by atoms with Gasteiger partial charge in [-0.25, -0.2) is 0 Å². The second-order valence-electron chi connectivity index (χ2n) is 7.74. The Morgan fingerprint density at radius 3 is 2.56 bits per heavy atom. The Kier molecular flexibility index (Phi) is 8.56. The SMILES string of the molecule is COc1ccc(OC)c(C(=O)NCc2nnc(SCCc3ccccc3)n2CC(C)C)c1. The van der Waals surface area contributed by atoms with E-state index < -0.39 is 0 Å². The van der Waals surface area contributed by atoms with E-state index in [1.807, 2.05) is 6.07 Å². The second kappa shape index (κ2) is 11.6. The van der Waals surface area contributed by atoms with Crippen molar-refractivity contribution in [1.82, 2.24) is 20.1 Å². The van der Waals surface area contributed by atoms with Crippen LogP contribution in [0.25, 0.3) is 0 Å². The van der Waals surface area contributed by atoms with Crippen molar-refractivity contribution in [1.29, 1.82) is 0 Å². The molecule has 7 nitrogen and oxygen atoms in total. The maximum atomic E-state index is 12.8. The molecular formula is C24H30N4O3S. The van der Waals surface area contributed by atoms with Crippen LogP contribution in [0, 0.1) is 5.92 Å². The first-order valence-corrected chi connectivity index (χ1v) is 11.6. The van der Waals surface area contributed by atoms with Gasteiger partial charge in [0.2, 0.25) is 0 Å². The maximum absolute atomic E-state index is 12.8. The van der Waals surface area contributed by atoms with Crippen LogP contribution < -0.4 is 14.8 Å². The normalized spacial score (nSPS) is 10.9. The topological polar surface area (TPSA) is 78.3 Å². The lowest BCUT2D eigenvalue weighted by Crippen LogP contribution is -2.26. The molecule has 0 bridgehead atoms. The minimum Gasteiger partial charge on any atom is -0.497 e. The number of aromatic nitrogens is 3. The zero-order chi connectivity index (χ0) is 22.9. The van der Waals surface area contributed by atoms with Crippen LogP contribution in [0.4, 0.5) is 0 Å². The standard InChI is InChI=1S/C24H30N4O3S/c1-17(2)16-28-22(26-27-24(28)32-13-12-18-8-6-5-7-9-18)15-25-23(29)20-14-19(30-3)10-11-21(20)31-4/h5-11,14,17H,12-13,15-16H2,1-4H3,(H,25,29). The second-order valence-corrected chi connectivity index (χ2v) is 8.80. The molecule has 3 rings (SSSR count). The number of methoxy groups -OCH3 is 2. The number of aryl methyl sites for hydroxylation is 1. The van der Waals surface area contributed by atoms with E-state index in [9.17, 15) is 4.79 Å². The van der Waals surface area contributed by atoms with E-state index in [0.717, 1.165) is 29.7 Å². The van der Waals surface area contributed by atoms with Crippen molar-refractivity contribution in [2.24, 2.45) is 5.92 Å². The largest absolute Gasteiger partial charge is 0.497 e. The van der Waals surface area contributed by atoms with Crippen LogP contribution in [0.3, 0.4) is 0 Å². The lowest BCUT2D eigenvalue weighted by molar-refractivity contribution is 0.0946. The van der Waals surface area contributed by atoms with Gasteiger partial charge in [-0.3, -0.25) is 4.79 Å². The lowest BCUT2D eigenvalue weighted by Gasteiger charge is -2.14. The molecule has 0 spiro atoms. The molecule has 1 heterocycles. The molecule has 8 heteroatoms. The van der Waals surface area contributed by atoms with Crippen molar-refractivity contribution in [3.05, 3.63) is 65.5 Å². The number of nitrogens with zero attached hydrogens (tertiary/aromatic N) is 3. The zero-order valence-corrected chi connectivity index (χ0v) is 19.8. The average molecular weight is 455 g/mol. The summed E-state index contributed by atoms with van der Waals surface area (Å²) in [4.78, 5) is 12.8. The third kappa shape index (κ3) is 6.26. The molecule has 1 amide bonds. The fourth-order valence-corrected chi connectivity index (χ4v) is 4.21. The molecule has 0 aliphatic rings. The molecule has 170 valence electrons. The van der Waals surface area contributed by atoms with Gasteiger partial charge in [0.1, 0.15) is 11.5 Å². The van der Waals surface area contributed by atoms with E-state index in [0.29, 0.717) is 23.0 Å². The van der Waals surface area contributed by atoms with Gasteiger partial charge in [0.25, 0.3) is 5.91 Å². The van der Waals surface area contributed by atoms with Crippen LogP contribution in [0.5, 0.6) is 11.5 Å². The van der Waals surface area contributed by atoms with Crippen LogP contribution in [0.1, 0.15) is 35.6 Å². The summed E-state index contributed by atoms with van der Waals surface area (Å²) in [6, 6.07) is 15.5. The van der Waals surface area contributed by atoms with E-state index in [-0.39, 0.29) is 12.5 Å². The van der Waals surface area contributed by atoms with Crippen LogP contribution in [-0.2, 0) is 19.5 Å². The van der Waals surface area contributed by atoms with Crippen LogP contribution in [-0.4, -0.2) is 40.6 Å². The molecule has 0 aliphatic carbocycles. The molecule has 0 unspecified atom stereocenters. The van der Waals surface area contributed by atoms with Gasteiger partial charge in [-0.2, -0.15) is 0 Å². The van der Waals surface area contributed by atoms with E-state index in [1.54, 1.807) is 37.1 Å². The average Bonchev–Trinajstić information content (AvgIpc) is 3.18. The van der Waals surface area contributed by atoms with E-state index in [2.05, 4.69) is 58.2 Å². The number of carbonyl (C=O) groups excluding carboxylic acids is 1.